The van der Waals surface area contributed by atoms with Crippen molar-refractivity contribution >= 4 is 0 Å². The summed E-state index contributed by atoms with van der Waals surface area (Å²) in [6, 6.07) is 14.8. The molecule has 1 aromatic carbocycles. The van der Waals surface area contributed by atoms with Crippen molar-refractivity contribution in [1.82, 2.24) is 15.0 Å². The van der Waals surface area contributed by atoms with Crippen LogP contribution in [-0.4, -0.2) is 22.1 Å². The van der Waals surface area contributed by atoms with Crippen LogP contribution in [0, 0.1) is 16.7 Å². The van der Waals surface area contributed by atoms with E-state index in [-0.39, 0.29) is 10.8 Å². The van der Waals surface area contributed by atoms with Gasteiger partial charge in [0, 0.05) is 42.2 Å². The first-order valence-electron chi connectivity index (χ1n) is 10.2. The number of aromatic nitrogens is 3. The minimum Gasteiger partial charge on any atom is -0.366 e. The van der Waals surface area contributed by atoms with Crippen LogP contribution in [0.2, 0.25) is 0 Å². The molecule has 0 spiro atoms. The van der Waals surface area contributed by atoms with E-state index in [9.17, 15) is 5.26 Å². The zero-order chi connectivity index (χ0) is 21.4. The molecule has 0 amide bonds. The summed E-state index contributed by atoms with van der Waals surface area (Å²) < 4.78 is 6.12. The van der Waals surface area contributed by atoms with Gasteiger partial charge in [-0.25, -0.2) is 9.97 Å². The van der Waals surface area contributed by atoms with Gasteiger partial charge in [-0.2, -0.15) is 5.26 Å². The van der Waals surface area contributed by atoms with Crippen LogP contribution in [0.25, 0.3) is 11.1 Å². The summed E-state index contributed by atoms with van der Waals surface area (Å²) in [6.07, 6.45) is 8.88. The van der Waals surface area contributed by atoms with Gasteiger partial charge in [-0.3, -0.25) is 4.98 Å². The molecule has 0 aliphatic heterocycles. The Bertz CT molecular complexity index is 1060. The van der Waals surface area contributed by atoms with Crippen LogP contribution in [-0.2, 0) is 15.8 Å². The third kappa shape index (κ3) is 3.18. The highest BCUT2D eigenvalue weighted by atomic mass is 16.5. The summed E-state index contributed by atoms with van der Waals surface area (Å²) >= 11 is 0. The molecule has 1 atom stereocenters. The average Bonchev–Trinajstić information content (AvgIpc) is 3.56. The lowest BCUT2D eigenvalue weighted by atomic mass is 9.70. The van der Waals surface area contributed by atoms with Crippen LogP contribution >= 0.6 is 0 Å². The Kier molecular flexibility index (Phi) is 4.91. The first kappa shape index (κ1) is 20.2. The maximum atomic E-state index is 9.41. The van der Waals surface area contributed by atoms with E-state index in [1.54, 1.807) is 19.5 Å². The molecule has 1 unspecified atom stereocenters. The molecule has 0 saturated heterocycles. The predicted octanol–water partition coefficient (Wildman–Crippen LogP) is 5.03. The zero-order valence-corrected chi connectivity index (χ0v) is 17.9. The Hall–Kier alpha value is -3.10. The highest BCUT2D eigenvalue weighted by Crippen LogP contribution is 2.48. The number of nitriles is 1. The van der Waals surface area contributed by atoms with Crippen molar-refractivity contribution < 1.29 is 4.74 Å². The largest absolute Gasteiger partial charge is 0.366 e. The lowest BCUT2D eigenvalue weighted by molar-refractivity contribution is -0.0681. The van der Waals surface area contributed by atoms with Crippen molar-refractivity contribution in [2.24, 2.45) is 5.41 Å². The Morgan fingerprint density at radius 2 is 1.57 bits per heavy atom. The van der Waals surface area contributed by atoms with Crippen LogP contribution < -0.4 is 0 Å². The molecule has 1 saturated carbocycles. The smallest absolute Gasteiger partial charge is 0.142 e. The summed E-state index contributed by atoms with van der Waals surface area (Å²) in [5.74, 6) is 0. The molecular weight excluding hydrogens is 372 g/mol. The molecule has 1 aliphatic rings. The van der Waals surface area contributed by atoms with Gasteiger partial charge in [0.25, 0.3) is 0 Å². The fraction of sp³-hybridized carbons (Fsp3) is 0.360. The molecule has 0 bridgehead atoms. The molecule has 0 N–H and O–H groups in total. The van der Waals surface area contributed by atoms with E-state index in [2.05, 4.69) is 67.1 Å². The summed E-state index contributed by atoms with van der Waals surface area (Å²) in [5, 5.41) is 9.41. The molecule has 3 aromatic rings. The normalized spacial score (nSPS) is 17.0. The van der Waals surface area contributed by atoms with Crippen molar-refractivity contribution in [1.29, 1.82) is 5.26 Å². The van der Waals surface area contributed by atoms with Gasteiger partial charge in [0.1, 0.15) is 11.9 Å². The molecule has 0 radical (unpaired) electrons. The Balaban J connectivity index is 1.70. The van der Waals surface area contributed by atoms with Gasteiger partial charge in [-0.15, -0.1) is 0 Å². The maximum Gasteiger partial charge on any atom is 0.142 e. The Morgan fingerprint density at radius 3 is 2.03 bits per heavy atom. The van der Waals surface area contributed by atoms with E-state index < -0.39 is 5.60 Å². The minimum absolute atomic E-state index is 0.261. The third-order valence-electron chi connectivity index (χ3n) is 6.19. The monoisotopic (exact) mass is 398 g/mol. The van der Waals surface area contributed by atoms with E-state index in [4.69, 9.17) is 9.72 Å². The second kappa shape index (κ2) is 7.30. The Morgan fingerprint density at radius 1 is 0.933 bits per heavy atom. The van der Waals surface area contributed by atoms with E-state index in [1.807, 2.05) is 12.3 Å². The first-order chi connectivity index (χ1) is 14.4. The van der Waals surface area contributed by atoms with Gasteiger partial charge in [0.2, 0.25) is 0 Å². The minimum atomic E-state index is -0.776. The van der Waals surface area contributed by atoms with Gasteiger partial charge in [-0.05, 0) is 30.0 Å². The second-order valence-corrected chi connectivity index (χ2v) is 8.97. The molecule has 1 fully saturated rings. The van der Waals surface area contributed by atoms with Crippen molar-refractivity contribution in [3.8, 4) is 17.2 Å². The fourth-order valence-corrected chi connectivity index (χ4v) is 4.32. The first-order valence-corrected chi connectivity index (χ1v) is 10.2. The van der Waals surface area contributed by atoms with Crippen LogP contribution in [0.3, 0.4) is 0 Å². The highest BCUT2D eigenvalue weighted by Gasteiger charge is 2.47. The summed E-state index contributed by atoms with van der Waals surface area (Å²) in [7, 11) is 1.70. The standard InChI is InChI=1S/C25H26N4O/c1-23(2,3)25(30-4,21-14-27-17-28-15-21)22-10-7-19(13-29-22)18-5-8-20(9-6-18)24(16-26)11-12-24/h5-10,13-15,17H,11-12H2,1-4H3. The van der Waals surface area contributed by atoms with Gasteiger partial charge >= 0.3 is 0 Å². The van der Waals surface area contributed by atoms with Crippen molar-refractivity contribution in [2.75, 3.05) is 7.11 Å². The van der Waals surface area contributed by atoms with Gasteiger partial charge in [0.15, 0.2) is 0 Å². The average molecular weight is 399 g/mol. The van der Waals surface area contributed by atoms with Crippen LogP contribution in [0.15, 0.2) is 61.3 Å². The lowest BCUT2D eigenvalue weighted by Crippen LogP contribution is -2.44. The molecule has 5 nitrogen and oxygen atoms in total. The highest BCUT2D eigenvalue weighted by molar-refractivity contribution is 5.63. The fourth-order valence-electron chi connectivity index (χ4n) is 4.32. The maximum absolute atomic E-state index is 9.41. The number of methoxy groups -OCH3 is 1. The van der Waals surface area contributed by atoms with Gasteiger partial charge < -0.3 is 4.74 Å². The number of ether oxygens (including phenoxy) is 1. The molecule has 4 rings (SSSR count). The quantitative estimate of drug-likeness (QED) is 0.603. The van der Waals surface area contributed by atoms with Crippen LogP contribution in [0.5, 0.6) is 0 Å². The van der Waals surface area contributed by atoms with Crippen LogP contribution in [0.4, 0.5) is 0 Å². The Labute approximate surface area is 177 Å². The van der Waals surface area contributed by atoms with Crippen molar-refractivity contribution in [3.05, 3.63) is 78.1 Å². The summed E-state index contributed by atoms with van der Waals surface area (Å²) in [6.45, 7) is 6.38. The zero-order valence-electron chi connectivity index (χ0n) is 17.9. The molecule has 1 aliphatic carbocycles. The summed E-state index contributed by atoms with van der Waals surface area (Å²) in [5.41, 5.74) is 3.57. The SMILES string of the molecule is COC(c1cncnc1)(c1ccc(-c2ccc(C3(C#N)CC3)cc2)cn1)C(C)(C)C. The number of pyridine rings is 1. The lowest BCUT2D eigenvalue weighted by Gasteiger charge is -2.43. The van der Waals surface area contributed by atoms with Crippen molar-refractivity contribution in [2.45, 2.75) is 44.6 Å². The third-order valence-corrected chi connectivity index (χ3v) is 6.19. The number of benzene rings is 1. The van der Waals surface area contributed by atoms with Gasteiger partial charge in [0.05, 0.1) is 17.2 Å². The predicted molar refractivity (Wildman–Crippen MR) is 115 cm³/mol. The van der Waals surface area contributed by atoms with E-state index in [0.29, 0.717) is 0 Å². The molecule has 5 heteroatoms. The number of hydrogen-bond acceptors (Lipinski definition) is 5. The number of nitrogens with zero attached hydrogens (tertiary/aromatic N) is 4. The second-order valence-electron chi connectivity index (χ2n) is 8.97. The molecule has 152 valence electrons. The summed E-state index contributed by atoms with van der Waals surface area (Å²) in [4.78, 5) is 13.2. The molecule has 2 heterocycles. The van der Waals surface area contributed by atoms with Gasteiger partial charge in [-0.1, -0.05) is 51.1 Å². The van der Waals surface area contributed by atoms with E-state index in [0.717, 1.165) is 40.8 Å². The number of hydrogen-bond donors (Lipinski definition) is 0. The molecule has 2 aromatic heterocycles. The van der Waals surface area contributed by atoms with E-state index >= 15 is 0 Å². The molecular formula is C25H26N4O. The molecule has 30 heavy (non-hydrogen) atoms. The number of rotatable bonds is 5. The van der Waals surface area contributed by atoms with Crippen molar-refractivity contribution in [3.63, 3.8) is 0 Å². The van der Waals surface area contributed by atoms with E-state index in [1.165, 1.54) is 6.33 Å². The topological polar surface area (TPSA) is 71.7 Å². The van der Waals surface area contributed by atoms with Crippen LogP contribution in [0.1, 0.15) is 50.4 Å².